The summed E-state index contributed by atoms with van der Waals surface area (Å²) in [4.78, 5) is 18.4. The van der Waals surface area contributed by atoms with Crippen LogP contribution in [0.2, 0.25) is 0 Å². The highest BCUT2D eigenvalue weighted by Crippen LogP contribution is 2.33. The molecule has 1 saturated carbocycles. The summed E-state index contributed by atoms with van der Waals surface area (Å²) in [6.07, 6.45) is 3.93. The number of rotatable bonds is 6. The molecule has 102 valence electrons. The summed E-state index contributed by atoms with van der Waals surface area (Å²) in [5, 5.41) is 12.4. The first-order valence-electron chi connectivity index (χ1n) is 6.66. The Morgan fingerprint density at radius 2 is 2.32 bits per heavy atom. The van der Waals surface area contributed by atoms with E-state index in [0.29, 0.717) is 24.2 Å². The van der Waals surface area contributed by atoms with Crippen molar-refractivity contribution in [1.82, 2.24) is 19.9 Å². The first-order valence-corrected chi connectivity index (χ1v) is 6.66. The van der Waals surface area contributed by atoms with E-state index in [1.807, 2.05) is 6.92 Å². The smallest absolute Gasteiger partial charge is 0.226 e. The standard InChI is InChI=1S/C12H18N6O/c1-2-13-12-16-10-9(14-7-15-10)11(17-12)18(5-6-19)8-3-4-8/h7-8,19H,2-6H2,1H3,(H2,13,14,15,16,17). The van der Waals surface area contributed by atoms with Crippen molar-refractivity contribution in [1.29, 1.82) is 0 Å². The van der Waals surface area contributed by atoms with Crippen LogP contribution < -0.4 is 10.2 Å². The fourth-order valence-corrected chi connectivity index (χ4v) is 2.22. The largest absolute Gasteiger partial charge is 0.395 e. The number of aliphatic hydroxyl groups is 1. The number of nitrogens with zero attached hydrogens (tertiary/aromatic N) is 4. The first-order chi connectivity index (χ1) is 9.33. The highest BCUT2D eigenvalue weighted by Gasteiger charge is 2.31. The third-order valence-corrected chi connectivity index (χ3v) is 3.20. The minimum Gasteiger partial charge on any atom is -0.395 e. The molecule has 0 aliphatic heterocycles. The Balaban J connectivity index is 2.05. The van der Waals surface area contributed by atoms with Crippen LogP contribution in [0.15, 0.2) is 6.33 Å². The van der Waals surface area contributed by atoms with Crippen molar-refractivity contribution in [2.24, 2.45) is 0 Å². The average Bonchev–Trinajstić information content (AvgIpc) is 3.13. The summed E-state index contributed by atoms with van der Waals surface area (Å²) in [6, 6.07) is 0.475. The molecule has 7 heteroatoms. The molecule has 2 heterocycles. The first kappa shape index (κ1) is 12.2. The van der Waals surface area contributed by atoms with Gasteiger partial charge in [0.15, 0.2) is 11.5 Å². The summed E-state index contributed by atoms with van der Waals surface area (Å²) in [5.74, 6) is 1.41. The summed E-state index contributed by atoms with van der Waals surface area (Å²) in [7, 11) is 0. The van der Waals surface area contributed by atoms with Crippen LogP contribution >= 0.6 is 0 Å². The molecule has 0 spiro atoms. The number of anilines is 2. The Labute approximate surface area is 111 Å². The van der Waals surface area contributed by atoms with Gasteiger partial charge in [0.05, 0.1) is 12.9 Å². The number of hydrogen-bond acceptors (Lipinski definition) is 6. The Kier molecular flexibility index (Phi) is 3.20. The van der Waals surface area contributed by atoms with Gasteiger partial charge in [-0.15, -0.1) is 0 Å². The molecule has 2 aromatic heterocycles. The SMILES string of the molecule is CCNc1nc(N(CCO)C2CC2)c2[nH]cnc2n1. The van der Waals surface area contributed by atoms with Gasteiger partial charge in [-0.25, -0.2) is 4.98 Å². The highest BCUT2D eigenvalue weighted by molar-refractivity contribution is 5.84. The van der Waals surface area contributed by atoms with Crippen LogP contribution in [-0.4, -0.2) is 50.8 Å². The molecule has 0 amide bonds. The van der Waals surface area contributed by atoms with Crippen LogP contribution in [0.5, 0.6) is 0 Å². The molecule has 0 saturated heterocycles. The molecule has 0 unspecified atom stereocenters. The highest BCUT2D eigenvalue weighted by atomic mass is 16.3. The fourth-order valence-electron chi connectivity index (χ4n) is 2.22. The van der Waals surface area contributed by atoms with E-state index < -0.39 is 0 Å². The topological polar surface area (TPSA) is 90.0 Å². The number of nitrogens with one attached hydrogen (secondary N) is 2. The molecular formula is C12H18N6O. The van der Waals surface area contributed by atoms with E-state index in [1.165, 1.54) is 0 Å². The van der Waals surface area contributed by atoms with Gasteiger partial charge in [-0.3, -0.25) is 0 Å². The predicted octanol–water partition coefficient (Wildman–Crippen LogP) is 0.746. The normalized spacial score (nSPS) is 14.8. The second-order valence-electron chi connectivity index (χ2n) is 4.65. The molecule has 1 aliphatic rings. The van der Waals surface area contributed by atoms with Gasteiger partial charge < -0.3 is 20.3 Å². The third kappa shape index (κ3) is 2.33. The lowest BCUT2D eigenvalue weighted by molar-refractivity contribution is 0.301. The van der Waals surface area contributed by atoms with E-state index in [-0.39, 0.29) is 6.61 Å². The average molecular weight is 262 g/mol. The lowest BCUT2D eigenvalue weighted by Crippen LogP contribution is -2.30. The van der Waals surface area contributed by atoms with Crippen molar-refractivity contribution >= 4 is 22.9 Å². The number of hydrogen-bond donors (Lipinski definition) is 3. The lowest BCUT2D eigenvalue weighted by atomic mass is 10.4. The molecule has 0 atom stereocenters. The minimum absolute atomic E-state index is 0.118. The molecular weight excluding hydrogens is 244 g/mol. The monoisotopic (exact) mass is 262 g/mol. The summed E-state index contributed by atoms with van der Waals surface area (Å²) >= 11 is 0. The van der Waals surface area contributed by atoms with Gasteiger partial charge in [-0.05, 0) is 19.8 Å². The maximum atomic E-state index is 9.24. The number of H-pyrrole nitrogens is 1. The van der Waals surface area contributed by atoms with E-state index in [1.54, 1.807) is 6.33 Å². The van der Waals surface area contributed by atoms with Gasteiger partial charge in [0.1, 0.15) is 5.52 Å². The predicted molar refractivity (Wildman–Crippen MR) is 73.3 cm³/mol. The van der Waals surface area contributed by atoms with Crippen LogP contribution in [-0.2, 0) is 0 Å². The Hall–Kier alpha value is -1.89. The van der Waals surface area contributed by atoms with Crippen molar-refractivity contribution in [2.45, 2.75) is 25.8 Å². The minimum atomic E-state index is 0.118. The van der Waals surface area contributed by atoms with E-state index in [2.05, 4.69) is 30.2 Å². The van der Waals surface area contributed by atoms with Crippen molar-refractivity contribution in [3.05, 3.63) is 6.33 Å². The molecule has 7 nitrogen and oxygen atoms in total. The lowest BCUT2D eigenvalue weighted by Gasteiger charge is -2.23. The molecule has 0 radical (unpaired) electrons. The molecule has 19 heavy (non-hydrogen) atoms. The van der Waals surface area contributed by atoms with Gasteiger partial charge in [0, 0.05) is 19.1 Å². The molecule has 2 aromatic rings. The second-order valence-corrected chi connectivity index (χ2v) is 4.65. The Morgan fingerprint density at radius 1 is 1.47 bits per heavy atom. The number of aromatic nitrogens is 4. The number of imidazole rings is 1. The van der Waals surface area contributed by atoms with E-state index in [0.717, 1.165) is 30.7 Å². The van der Waals surface area contributed by atoms with Gasteiger partial charge in [-0.2, -0.15) is 9.97 Å². The zero-order valence-electron chi connectivity index (χ0n) is 10.9. The van der Waals surface area contributed by atoms with E-state index >= 15 is 0 Å². The quantitative estimate of drug-likeness (QED) is 0.711. The number of aromatic amines is 1. The van der Waals surface area contributed by atoms with Crippen molar-refractivity contribution < 1.29 is 5.11 Å². The molecule has 1 aliphatic carbocycles. The summed E-state index contributed by atoms with van der Waals surface area (Å²) < 4.78 is 0. The molecule has 1 fully saturated rings. The van der Waals surface area contributed by atoms with Crippen LogP contribution in [0.1, 0.15) is 19.8 Å². The van der Waals surface area contributed by atoms with Crippen molar-refractivity contribution in [3.63, 3.8) is 0 Å². The number of aliphatic hydroxyl groups excluding tert-OH is 1. The third-order valence-electron chi connectivity index (χ3n) is 3.20. The van der Waals surface area contributed by atoms with Gasteiger partial charge in [0.2, 0.25) is 5.95 Å². The van der Waals surface area contributed by atoms with Crippen molar-refractivity contribution in [2.75, 3.05) is 29.9 Å². The van der Waals surface area contributed by atoms with Gasteiger partial charge in [-0.1, -0.05) is 0 Å². The zero-order chi connectivity index (χ0) is 13.2. The van der Waals surface area contributed by atoms with E-state index in [4.69, 9.17) is 0 Å². The van der Waals surface area contributed by atoms with Crippen LogP contribution in [0.4, 0.5) is 11.8 Å². The second kappa shape index (κ2) is 5.00. The Bertz CT molecular complexity index is 564. The van der Waals surface area contributed by atoms with Crippen molar-refractivity contribution in [3.8, 4) is 0 Å². The number of fused-ring (bicyclic) bond motifs is 1. The van der Waals surface area contributed by atoms with Gasteiger partial charge in [0.25, 0.3) is 0 Å². The Morgan fingerprint density at radius 3 is 3.00 bits per heavy atom. The maximum absolute atomic E-state index is 9.24. The fraction of sp³-hybridized carbons (Fsp3) is 0.583. The van der Waals surface area contributed by atoms with E-state index in [9.17, 15) is 5.11 Å². The molecule has 0 bridgehead atoms. The maximum Gasteiger partial charge on any atom is 0.226 e. The van der Waals surface area contributed by atoms with Crippen LogP contribution in [0.25, 0.3) is 11.2 Å². The van der Waals surface area contributed by atoms with Crippen LogP contribution in [0.3, 0.4) is 0 Å². The van der Waals surface area contributed by atoms with Crippen LogP contribution in [0, 0.1) is 0 Å². The zero-order valence-corrected chi connectivity index (χ0v) is 10.9. The summed E-state index contributed by atoms with van der Waals surface area (Å²) in [5.41, 5.74) is 1.49. The molecule has 0 aromatic carbocycles. The molecule has 3 N–H and O–H groups in total. The molecule has 3 rings (SSSR count). The van der Waals surface area contributed by atoms with Gasteiger partial charge >= 0.3 is 0 Å². The summed E-state index contributed by atoms with van der Waals surface area (Å²) in [6.45, 7) is 3.47.